The minimum absolute atomic E-state index is 0.276. The molecule has 0 unspecified atom stereocenters. The predicted octanol–water partition coefficient (Wildman–Crippen LogP) is 4.20. The van der Waals surface area contributed by atoms with Gasteiger partial charge in [0.25, 0.3) is 5.91 Å². The molecular formula is C24H20FN7O. The van der Waals surface area contributed by atoms with Gasteiger partial charge in [-0.3, -0.25) is 9.48 Å². The highest BCUT2D eigenvalue weighted by Crippen LogP contribution is 2.33. The summed E-state index contributed by atoms with van der Waals surface area (Å²) in [5.41, 5.74) is 5.24. The van der Waals surface area contributed by atoms with Crippen molar-refractivity contribution in [2.75, 3.05) is 5.32 Å². The summed E-state index contributed by atoms with van der Waals surface area (Å²) in [6.45, 7) is 3.54. The molecule has 1 aromatic carbocycles. The van der Waals surface area contributed by atoms with Crippen LogP contribution in [0.15, 0.2) is 60.9 Å². The lowest BCUT2D eigenvalue weighted by Crippen LogP contribution is -2.16. The average molecular weight is 441 g/mol. The smallest absolute Gasteiger partial charge is 0.275 e. The van der Waals surface area contributed by atoms with Crippen LogP contribution < -0.4 is 5.32 Å². The van der Waals surface area contributed by atoms with E-state index in [4.69, 9.17) is 4.98 Å². The Morgan fingerprint density at radius 2 is 1.88 bits per heavy atom. The van der Waals surface area contributed by atoms with Crippen LogP contribution in [-0.4, -0.2) is 35.3 Å². The topological polar surface area (TPSA) is 90.0 Å². The number of nitrogens with one attached hydrogen (secondary N) is 1. The van der Waals surface area contributed by atoms with Crippen LogP contribution >= 0.6 is 0 Å². The summed E-state index contributed by atoms with van der Waals surface area (Å²) >= 11 is 0. The van der Waals surface area contributed by atoms with E-state index in [-0.39, 0.29) is 11.7 Å². The molecule has 0 radical (unpaired) electrons. The zero-order valence-electron chi connectivity index (χ0n) is 18.2. The molecule has 0 aliphatic carbocycles. The summed E-state index contributed by atoms with van der Waals surface area (Å²) < 4.78 is 17.1. The number of anilines is 1. The largest absolute Gasteiger partial charge is 0.305 e. The monoisotopic (exact) mass is 441 g/mol. The Hall–Kier alpha value is -4.40. The molecule has 0 atom stereocenters. The van der Waals surface area contributed by atoms with Gasteiger partial charge in [0.2, 0.25) is 0 Å². The predicted molar refractivity (Wildman–Crippen MR) is 122 cm³/mol. The molecule has 0 spiro atoms. The molecule has 0 saturated carbocycles. The molecule has 1 N–H and O–H groups in total. The number of hydrogen-bond donors (Lipinski definition) is 1. The summed E-state index contributed by atoms with van der Waals surface area (Å²) in [6, 6.07) is 13.8. The Kier molecular flexibility index (Phi) is 4.93. The van der Waals surface area contributed by atoms with Crippen molar-refractivity contribution in [1.29, 1.82) is 0 Å². The second-order valence-corrected chi connectivity index (χ2v) is 7.75. The number of halogens is 1. The number of hydrogen-bond acceptors (Lipinski definition) is 5. The molecule has 0 aliphatic heterocycles. The van der Waals surface area contributed by atoms with E-state index in [2.05, 4.69) is 20.5 Å². The highest BCUT2D eigenvalue weighted by atomic mass is 19.1. The summed E-state index contributed by atoms with van der Waals surface area (Å²) in [4.78, 5) is 21.8. The molecule has 33 heavy (non-hydrogen) atoms. The van der Waals surface area contributed by atoms with Crippen LogP contribution in [0.2, 0.25) is 0 Å². The maximum Gasteiger partial charge on any atom is 0.275 e. The Bertz CT molecular complexity index is 1520. The minimum atomic E-state index is -0.312. The molecule has 5 aromatic rings. The van der Waals surface area contributed by atoms with Crippen LogP contribution in [0, 0.1) is 19.7 Å². The van der Waals surface area contributed by atoms with Crippen molar-refractivity contribution in [3.63, 3.8) is 0 Å². The molecule has 1 amide bonds. The van der Waals surface area contributed by atoms with E-state index >= 15 is 0 Å². The number of aromatic nitrogens is 6. The van der Waals surface area contributed by atoms with Crippen LogP contribution in [0.4, 0.5) is 10.2 Å². The highest BCUT2D eigenvalue weighted by molar-refractivity contribution is 6.03. The van der Waals surface area contributed by atoms with Gasteiger partial charge < -0.3 is 5.32 Å². The van der Waals surface area contributed by atoms with Crippen molar-refractivity contribution in [3.8, 4) is 22.5 Å². The van der Waals surface area contributed by atoms with Crippen LogP contribution in [0.3, 0.4) is 0 Å². The van der Waals surface area contributed by atoms with E-state index in [9.17, 15) is 9.18 Å². The lowest BCUT2D eigenvalue weighted by molar-refractivity contribution is 0.101. The number of rotatable bonds is 4. The van der Waals surface area contributed by atoms with Gasteiger partial charge in [0.1, 0.15) is 23.0 Å². The Balaban J connectivity index is 1.60. The molecule has 4 heterocycles. The quantitative estimate of drug-likeness (QED) is 0.451. The second kappa shape index (κ2) is 7.94. The highest BCUT2D eigenvalue weighted by Gasteiger charge is 2.19. The van der Waals surface area contributed by atoms with E-state index < -0.39 is 0 Å². The number of fused-ring (bicyclic) bond motifs is 1. The second-order valence-electron chi connectivity index (χ2n) is 7.75. The fourth-order valence-corrected chi connectivity index (χ4v) is 3.79. The summed E-state index contributed by atoms with van der Waals surface area (Å²) in [6.07, 6.45) is 3.29. The van der Waals surface area contributed by atoms with Gasteiger partial charge in [-0.2, -0.15) is 10.2 Å². The average Bonchev–Trinajstić information content (AvgIpc) is 3.35. The number of nitrogens with zero attached hydrogens (tertiary/aromatic N) is 6. The molecule has 5 rings (SSSR count). The Labute approximate surface area is 188 Å². The van der Waals surface area contributed by atoms with Gasteiger partial charge in [-0.1, -0.05) is 0 Å². The van der Waals surface area contributed by atoms with Gasteiger partial charge in [0, 0.05) is 30.6 Å². The molecule has 0 fully saturated rings. The summed E-state index contributed by atoms with van der Waals surface area (Å²) in [5, 5.41) is 11.5. The third kappa shape index (κ3) is 3.73. The first kappa shape index (κ1) is 20.5. The number of carbonyl (C=O) groups is 1. The van der Waals surface area contributed by atoms with Crippen molar-refractivity contribution in [2.24, 2.45) is 7.05 Å². The van der Waals surface area contributed by atoms with Crippen molar-refractivity contribution < 1.29 is 9.18 Å². The number of imidazole rings is 1. The first-order chi connectivity index (χ1) is 15.9. The zero-order valence-corrected chi connectivity index (χ0v) is 18.2. The van der Waals surface area contributed by atoms with Gasteiger partial charge in [0.05, 0.1) is 11.4 Å². The van der Waals surface area contributed by atoms with Crippen LogP contribution in [0.1, 0.15) is 21.7 Å². The Morgan fingerprint density at radius 1 is 1.03 bits per heavy atom. The minimum Gasteiger partial charge on any atom is -0.305 e. The Morgan fingerprint density at radius 3 is 2.64 bits per heavy atom. The molecule has 0 saturated heterocycles. The van der Waals surface area contributed by atoms with E-state index in [1.54, 1.807) is 61.2 Å². The fourth-order valence-electron chi connectivity index (χ4n) is 3.79. The third-order valence-corrected chi connectivity index (χ3v) is 5.33. The lowest BCUT2D eigenvalue weighted by atomic mass is 10.0. The molecule has 164 valence electrons. The van der Waals surface area contributed by atoms with E-state index in [0.717, 1.165) is 16.8 Å². The summed E-state index contributed by atoms with van der Waals surface area (Å²) in [5.74, 6) is -0.210. The van der Waals surface area contributed by atoms with Crippen molar-refractivity contribution in [2.45, 2.75) is 13.8 Å². The normalized spacial score (nSPS) is 11.2. The lowest BCUT2D eigenvalue weighted by Gasteiger charge is -2.09. The maximum atomic E-state index is 13.9. The summed E-state index contributed by atoms with van der Waals surface area (Å²) in [7, 11) is 1.72. The fraction of sp³-hybridized carbons (Fsp3) is 0.125. The molecular weight excluding hydrogens is 421 g/mol. The van der Waals surface area contributed by atoms with Crippen LogP contribution in [-0.2, 0) is 7.05 Å². The van der Waals surface area contributed by atoms with Crippen molar-refractivity contribution in [3.05, 3.63) is 83.7 Å². The number of carbonyl (C=O) groups excluding carboxylic acids is 1. The zero-order chi connectivity index (χ0) is 23.1. The van der Waals surface area contributed by atoms with Crippen LogP contribution in [0.5, 0.6) is 0 Å². The number of benzene rings is 1. The number of amides is 1. The molecule has 8 nitrogen and oxygen atoms in total. The van der Waals surface area contributed by atoms with Gasteiger partial charge in [0.15, 0.2) is 5.65 Å². The molecule has 9 heteroatoms. The molecule has 4 aromatic heterocycles. The van der Waals surface area contributed by atoms with E-state index in [1.165, 1.54) is 10.7 Å². The molecule has 0 bridgehead atoms. The number of aryl methyl sites for hydroxylation is 3. The first-order valence-corrected chi connectivity index (χ1v) is 10.3. The number of pyridine rings is 1. The van der Waals surface area contributed by atoms with Crippen LogP contribution in [0.25, 0.3) is 28.2 Å². The van der Waals surface area contributed by atoms with E-state index in [1.807, 2.05) is 19.1 Å². The van der Waals surface area contributed by atoms with Gasteiger partial charge in [-0.15, -0.1) is 0 Å². The van der Waals surface area contributed by atoms with Gasteiger partial charge >= 0.3 is 0 Å². The SMILES string of the molecule is Cc1cc(C(=O)Nc2cc(-c3c(-c4ccc(F)c(C)c4)nc4cccnn34)ccn2)n(C)n1. The van der Waals surface area contributed by atoms with Gasteiger partial charge in [-0.25, -0.2) is 18.9 Å². The third-order valence-electron chi connectivity index (χ3n) is 5.33. The standard InChI is InChI=1S/C24H20FN7O/c1-14-11-16(6-7-18(14)25)22-23(32-21(29-22)5-4-9-27-32)17-8-10-26-20(13-17)28-24(33)19-12-15(2)30-31(19)3/h4-13H,1-3H3,(H,26,28,33). The van der Waals surface area contributed by atoms with Gasteiger partial charge in [-0.05, 0) is 67.9 Å². The first-order valence-electron chi connectivity index (χ1n) is 10.3. The van der Waals surface area contributed by atoms with Crippen molar-refractivity contribution in [1.82, 2.24) is 29.4 Å². The van der Waals surface area contributed by atoms with E-state index in [0.29, 0.717) is 34.1 Å². The maximum absolute atomic E-state index is 13.9. The van der Waals surface area contributed by atoms with Crippen molar-refractivity contribution >= 4 is 17.4 Å². The molecule has 0 aliphatic rings.